The molecule has 8 rings (SSSR count). The third-order valence-corrected chi connectivity index (χ3v) is 18.7. The van der Waals surface area contributed by atoms with Crippen LogP contribution in [-0.4, -0.2) is 126 Å². The number of guanidine groups is 1. The van der Waals surface area contributed by atoms with Gasteiger partial charge in [0.2, 0.25) is 23.6 Å². The van der Waals surface area contributed by atoms with Crippen LogP contribution in [0.5, 0.6) is 5.75 Å². The minimum Gasteiger partial charge on any atom is -0.481 e. The molecule has 4 heterocycles. The van der Waals surface area contributed by atoms with Crippen molar-refractivity contribution in [2.75, 3.05) is 32.0 Å². The number of Topliss-reactive ketones (excluding diaryl/α,β-unsaturated/α-hetero) is 2. The number of aliphatic hydroxyl groups is 2. The molecule has 0 radical (unpaired) electrons. The molecule has 2 aliphatic heterocycles. The zero-order valence-corrected chi connectivity index (χ0v) is 46.8. The number of aryl methyl sites for hydroxylation is 1. The second-order valence-electron chi connectivity index (χ2n) is 22.4. The number of nitrogens with zero attached hydrogens (tertiary/aromatic N) is 4. The Morgan fingerprint density at radius 3 is 2.30 bits per heavy atom. The molecular formula is C58H76N8O13S. The molecule has 9 N–H and O–H groups in total. The summed E-state index contributed by atoms with van der Waals surface area (Å²) in [6.45, 7) is 6.26. The summed E-state index contributed by atoms with van der Waals surface area (Å²) in [5.74, 6) is -5.79. The van der Waals surface area contributed by atoms with Gasteiger partial charge in [-0.3, -0.25) is 53.0 Å². The van der Waals surface area contributed by atoms with Gasteiger partial charge in [0.1, 0.15) is 11.4 Å². The van der Waals surface area contributed by atoms with E-state index < -0.39 is 65.3 Å². The molecule has 3 aliphatic carbocycles. The normalized spacial score (nSPS) is 23.6. The van der Waals surface area contributed by atoms with Crippen molar-refractivity contribution in [2.45, 2.75) is 153 Å². The summed E-state index contributed by atoms with van der Waals surface area (Å²) in [7, 11) is 0. The van der Waals surface area contributed by atoms with Gasteiger partial charge in [-0.05, 0) is 132 Å². The second kappa shape index (κ2) is 25.9. The highest BCUT2D eigenvalue weighted by Crippen LogP contribution is 2.42. The number of pyridine rings is 2. The molecule has 2 saturated carbocycles. The number of thioether (sulfide) groups is 1. The number of carbonyl (C=O) groups excluding carboxylic acids is 7. The van der Waals surface area contributed by atoms with Gasteiger partial charge in [0, 0.05) is 72.6 Å². The minimum absolute atomic E-state index is 0.00331. The van der Waals surface area contributed by atoms with Crippen LogP contribution in [-0.2, 0) is 63.3 Å². The highest BCUT2D eigenvalue weighted by molar-refractivity contribution is 8.00. The number of aromatic nitrogens is 2. The van der Waals surface area contributed by atoms with E-state index in [0.717, 1.165) is 41.1 Å². The molecule has 0 spiro atoms. The van der Waals surface area contributed by atoms with E-state index in [4.69, 9.17) is 21.2 Å². The fraction of sp³-hybridized carbons (Fsp3) is 0.603. The summed E-state index contributed by atoms with van der Waals surface area (Å²) in [6.07, 6.45) is 6.67. The number of carbonyl (C=O) groups is 8. The van der Waals surface area contributed by atoms with E-state index in [1.54, 1.807) is 30.5 Å². The van der Waals surface area contributed by atoms with Crippen LogP contribution in [0.15, 0.2) is 34.1 Å². The van der Waals surface area contributed by atoms with Gasteiger partial charge in [-0.1, -0.05) is 20.8 Å². The maximum atomic E-state index is 13.8. The number of esters is 1. The number of ketones is 2. The van der Waals surface area contributed by atoms with E-state index in [2.05, 4.69) is 15.6 Å². The van der Waals surface area contributed by atoms with Crippen molar-refractivity contribution >= 4 is 75.8 Å². The second-order valence-corrected chi connectivity index (χ2v) is 23.6. The number of rotatable bonds is 24. The average Bonchev–Trinajstić information content (AvgIpc) is 4.09. The van der Waals surface area contributed by atoms with Crippen LogP contribution in [0.4, 0.5) is 0 Å². The summed E-state index contributed by atoms with van der Waals surface area (Å²) in [4.78, 5) is 129. The topological polar surface area (TPSA) is 333 Å². The van der Waals surface area contributed by atoms with Gasteiger partial charge in [0.15, 0.2) is 17.5 Å². The lowest BCUT2D eigenvalue weighted by Crippen LogP contribution is -2.45. The Labute approximate surface area is 468 Å². The average molecular weight is 1130 g/mol. The molecular weight excluding hydrogens is 1050 g/mol. The predicted molar refractivity (Wildman–Crippen MR) is 298 cm³/mol. The van der Waals surface area contributed by atoms with E-state index in [0.29, 0.717) is 105 Å². The number of aliphatic carboxylic acids is 1. The first-order valence-corrected chi connectivity index (χ1v) is 29.5. The number of carboxylic acids is 1. The highest BCUT2D eigenvalue weighted by Gasteiger charge is 2.44. The van der Waals surface area contributed by atoms with E-state index in [1.807, 2.05) is 19.1 Å². The number of fused-ring (bicyclic) bond motifs is 5. The number of benzene rings is 1. The van der Waals surface area contributed by atoms with Gasteiger partial charge in [0.25, 0.3) is 5.56 Å². The Morgan fingerprint density at radius 1 is 0.925 bits per heavy atom. The van der Waals surface area contributed by atoms with Crippen LogP contribution in [0.1, 0.15) is 139 Å². The van der Waals surface area contributed by atoms with Crippen molar-refractivity contribution < 1.29 is 58.4 Å². The van der Waals surface area contributed by atoms with Crippen molar-refractivity contribution in [3.8, 4) is 17.1 Å². The van der Waals surface area contributed by atoms with Gasteiger partial charge in [-0.25, -0.2) is 4.98 Å². The number of hydrogen-bond donors (Lipinski definition) is 7. The molecule has 432 valence electrons. The number of ether oxygens (including phenoxy) is 1. The maximum Gasteiger partial charge on any atom is 0.314 e. The highest BCUT2D eigenvalue weighted by atomic mass is 32.2. The number of amides is 4. The molecule has 1 saturated heterocycles. The lowest BCUT2D eigenvalue weighted by molar-refractivity contribution is -0.143. The third-order valence-electron chi connectivity index (χ3n) is 17.4. The number of nitrogens with two attached hydrogens (primary N) is 2. The van der Waals surface area contributed by atoms with Crippen molar-refractivity contribution in [1.29, 1.82) is 0 Å². The zero-order valence-electron chi connectivity index (χ0n) is 46.0. The molecule has 5 atom stereocenters. The van der Waals surface area contributed by atoms with E-state index in [9.17, 15) is 58.5 Å². The van der Waals surface area contributed by atoms with Crippen molar-refractivity contribution in [2.24, 2.45) is 52.0 Å². The number of aliphatic hydroxyl groups excluding tert-OH is 1. The van der Waals surface area contributed by atoms with Gasteiger partial charge < -0.3 is 46.7 Å². The molecule has 22 heteroatoms. The predicted octanol–water partition coefficient (Wildman–Crippen LogP) is 3.81. The molecule has 4 amide bonds. The first-order chi connectivity index (χ1) is 38.3. The van der Waals surface area contributed by atoms with Crippen LogP contribution < -0.4 is 32.4 Å². The largest absolute Gasteiger partial charge is 0.481 e. The summed E-state index contributed by atoms with van der Waals surface area (Å²) in [5.41, 5.74) is 13.5. The molecule has 2 aromatic heterocycles. The number of imide groups is 1. The molecule has 1 aromatic carbocycles. The Hall–Kier alpha value is -6.52. The quantitative estimate of drug-likeness (QED) is 0.0131. The number of carboxylic acid groups (broad SMARTS) is 1. The van der Waals surface area contributed by atoms with Crippen LogP contribution >= 0.6 is 11.8 Å². The van der Waals surface area contributed by atoms with Gasteiger partial charge in [-0.15, -0.1) is 11.8 Å². The lowest BCUT2D eigenvalue weighted by atomic mass is 9.77. The van der Waals surface area contributed by atoms with Gasteiger partial charge in [0.05, 0.1) is 59.1 Å². The molecule has 3 aromatic rings. The monoisotopic (exact) mass is 1120 g/mol. The van der Waals surface area contributed by atoms with Crippen LogP contribution in [0.3, 0.4) is 0 Å². The Kier molecular flexibility index (Phi) is 19.3. The summed E-state index contributed by atoms with van der Waals surface area (Å²) in [5, 5.41) is 36.9. The van der Waals surface area contributed by atoms with Gasteiger partial charge in [-0.2, -0.15) is 0 Å². The zero-order chi connectivity index (χ0) is 57.6. The van der Waals surface area contributed by atoms with Crippen molar-refractivity contribution in [1.82, 2.24) is 25.1 Å². The number of nitrogens with one attached hydrogen (secondary N) is 2. The third kappa shape index (κ3) is 13.0. The Bertz CT molecular complexity index is 2990. The smallest absolute Gasteiger partial charge is 0.314 e. The standard InChI is InChI=1S/C58H76N8O13S/c1-4-33(29-67)52(72)64-44(8-7-21-61-57(59)60)46(68)22-36(55(75)76)30-80-47-25-49(70)66(54(47)74)27-32-11-13-34(14-12-32)51(71)62-26-31-9-15-35(16-10-31)56(77)79-37-17-19-43-40(23-37)38(5-2)41-28-65-45(50(41)63-43)24-42-39(53(65)73)18-20-48(69)58(42,78)6-3/h17,19,23-24,31-36,44,47,67,78H,4-16,18,20-22,25-30H2,1-3H3,(H,62,71)(H,64,72)(H,75,76)(H4,59,60,61)/t31?,32?,33?,34?,35?,36?,44?,47?,58-/m0/s1. The molecule has 5 aliphatic rings. The van der Waals surface area contributed by atoms with Crippen LogP contribution in [0, 0.1) is 35.5 Å². The first kappa shape index (κ1) is 59.6. The number of hydrogen-bond acceptors (Lipinski definition) is 15. The summed E-state index contributed by atoms with van der Waals surface area (Å²) >= 11 is 1.02. The van der Waals surface area contributed by atoms with Crippen LogP contribution in [0.25, 0.3) is 22.3 Å². The molecule has 21 nitrogen and oxygen atoms in total. The van der Waals surface area contributed by atoms with Crippen LogP contribution in [0.2, 0.25) is 0 Å². The number of aliphatic imine (C=N–C) groups is 1. The van der Waals surface area contributed by atoms with Crippen molar-refractivity contribution in [3.05, 3.63) is 56.9 Å². The Balaban J connectivity index is 0.764. The maximum absolute atomic E-state index is 13.8. The SMILES string of the molecule is CCc1c2c(nc3ccc(OC(=O)C4CCC(CNC(=O)C5CCC(CN6C(=O)CC(SCC(CC(=O)C(CCCN=C(N)N)NC(=O)C(CC)CO)C(=O)O)C6=O)CC5)CC4)cc13)-c1cc3c(c(=O)n1C2)CCC(=O)[C@]3(O)CC. The van der Waals surface area contributed by atoms with E-state index >= 15 is 0 Å². The minimum atomic E-state index is -1.71. The molecule has 4 unspecified atom stereocenters. The number of likely N-dealkylation sites (tertiary alicyclic amines) is 1. The Morgan fingerprint density at radius 2 is 1.64 bits per heavy atom. The van der Waals surface area contributed by atoms with Crippen molar-refractivity contribution in [3.63, 3.8) is 0 Å². The van der Waals surface area contributed by atoms with E-state index in [-0.39, 0.29) is 110 Å². The summed E-state index contributed by atoms with van der Waals surface area (Å²) < 4.78 is 7.68. The first-order valence-electron chi connectivity index (χ1n) is 28.4. The fourth-order valence-electron chi connectivity index (χ4n) is 12.4. The fourth-order valence-corrected chi connectivity index (χ4v) is 13.6. The summed E-state index contributed by atoms with van der Waals surface area (Å²) in [6, 6.07) is 6.10. The molecule has 80 heavy (non-hydrogen) atoms. The van der Waals surface area contributed by atoms with Gasteiger partial charge >= 0.3 is 11.9 Å². The molecule has 3 fully saturated rings. The molecule has 0 bridgehead atoms. The van der Waals surface area contributed by atoms with E-state index in [1.165, 1.54) is 4.90 Å². The lowest BCUT2D eigenvalue weighted by Gasteiger charge is -2.32.